The van der Waals surface area contributed by atoms with E-state index in [4.69, 9.17) is 0 Å². The van der Waals surface area contributed by atoms with Crippen molar-refractivity contribution in [2.45, 2.75) is 62.0 Å². The van der Waals surface area contributed by atoms with Crippen LogP contribution in [0.3, 0.4) is 0 Å². The second-order valence-corrected chi connectivity index (χ2v) is 11.4. The molecule has 0 aromatic heterocycles. The Bertz CT molecular complexity index is 1280. The van der Waals surface area contributed by atoms with Crippen LogP contribution < -0.4 is 16.0 Å². The van der Waals surface area contributed by atoms with Crippen LogP contribution in [0.1, 0.15) is 50.2 Å². The minimum Gasteiger partial charge on any atom is -0.376 e. The van der Waals surface area contributed by atoms with Gasteiger partial charge in [-0.15, -0.1) is 12.6 Å². The van der Waals surface area contributed by atoms with E-state index in [2.05, 4.69) is 33.5 Å². The van der Waals surface area contributed by atoms with Gasteiger partial charge in [0.05, 0.1) is 5.41 Å². The minimum absolute atomic E-state index is 0.0934. The van der Waals surface area contributed by atoms with Crippen molar-refractivity contribution in [3.05, 3.63) is 89.7 Å². The fraction of sp³-hybridized carbons (Fsp3) is 0.438. The Hall–Kier alpha value is -3.24. The zero-order valence-corrected chi connectivity index (χ0v) is 24.7. The van der Waals surface area contributed by atoms with Crippen molar-refractivity contribution in [2.75, 3.05) is 26.2 Å². The molecule has 3 N–H and O–H groups in total. The highest BCUT2D eigenvalue weighted by molar-refractivity contribution is 7.81. The lowest BCUT2D eigenvalue weighted by atomic mass is 9.77. The van der Waals surface area contributed by atoms with E-state index in [1.165, 1.54) is 0 Å². The topological polar surface area (TPSA) is 73.5 Å². The normalized spacial score (nSPS) is 23.0. The Kier molecular flexibility index (Phi) is 10.8. The van der Waals surface area contributed by atoms with Gasteiger partial charge in [-0.2, -0.15) is 13.2 Å². The monoisotopic (exact) mass is 600 g/mol. The SMILES string of the molecule is C/C=C\C=C/C1=CC(CCCCN2CCC(NC(=O)C3=CC=CNC3S)CC2)(C(=O)NCC(F)(F)F)c2ccccc21. The number of thiol groups is 1. The third-order valence-corrected chi connectivity index (χ3v) is 8.38. The molecule has 2 unspecified atom stereocenters. The lowest BCUT2D eigenvalue weighted by Crippen LogP contribution is -2.47. The van der Waals surface area contributed by atoms with E-state index in [0.29, 0.717) is 18.4 Å². The van der Waals surface area contributed by atoms with E-state index in [-0.39, 0.29) is 17.3 Å². The fourth-order valence-corrected chi connectivity index (χ4v) is 6.08. The van der Waals surface area contributed by atoms with E-state index in [1.54, 1.807) is 18.4 Å². The van der Waals surface area contributed by atoms with Gasteiger partial charge in [0.2, 0.25) is 11.8 Å². The second-order valence-electron chi connectivity index (χ2n) is 10.9. The largest absolute Gasteiger partial charge is 0.405 e. The first-order valence-corrected chi connectivity index (χ1v) is 15.0. The van der Waals surface area contributed by atoms with Crippen LogP contribution in [-0.2, 0) is 15.0 Å². The zero-order chi connectivity index (χ0) is 30.2. The first kappa shape index (κ1) is 31.7. The van der Waals surface area contributed by atoms with Gasteiger partial charge in [0, 0.05) is 24.7 Å². The molecule has 3 aliphatic rings. The Morgan fingerprint density at radius 2 is 1.93 bits per heavy atom. The number of likely N-dealkylation sites (tertiary alicyclic amines) is 1. The predicted molar refractivity (Wildman–Crippen MR) is 164 cm³/mol. The van der Waals surface area contributed by atoms with Crippen LogP contribution in [-0.4, -0.2) is 60.5 Å². The molecule has 2 atom stereocenters. The molecular weight excluding hydrogens is 561 g/mol. The van der Waals surface area contributed by atoms with Crippen LogP contribution in [0.5, 0.6) is 0 Å². The molecule has 42 heavy (non-hydrogen) atoms. The summed E-state index contributed by atoms with van der Waals surface area (Å²) in [5, 5.41) is 7.97. The van der Waals surface area contributed by atoms with Crippen LogP contribution in [0.15, 0.2) is 78.6 Å². The molecular formula is C32H39F3N4O2S. The van der Waals surface area contributed by atoms with Crippen molar-refractivity contribution in [3.63, 3.8) is 0 Å². The molecule has 1 aromatic rings. The number of carbonyl (C=O) groups is 2. The van der Waals surface area contributed by atoms with Crippen LogP contribution in [0, 0.1) is 0 Å². The standard InChI is InChI=1S/C32H39F3N4O2S/c1-2-3-4-10-23-21-31(27-13-6-5-11-25(23)27,30(41)37-22-32(33,34)35)16-7-8-18-39-19-14-24(15-20-39)38-28(40)26-12-9-17-36-29(26)42/h2-6,9-13,17,21,24,29,36,42H,7-8,14-16,18-20,22H2,1H3,(H,37,41)(H,38,40)/b3-2-,10-4-. The van der Waals surface area contributed by atoms with Gasteiger partial charge >= 0.3 is 6.18 Å². The molecule has 1 aliphatic carbocycles. The maximum absolute atomic E-state index is 13.5. The second kappa shape index (κ2) is 14.3. The van der Waals surface area contributed by atoms with Crippen LogP contribution >= 0.6 is 12.6 Å². The van der Waals surface area contributed by atoms with Crippen molar-refractivity contribution < 1.29 is 22.8 Å². The summed E-state index contributed by atoms with van der Waals surface area (Å²) in [6.07, 6.45) is 13.7. The zero-order valence-electron chi connectivity index (χ0n) is 23.8. The van der Waals surface area contributed by atoms with Crippen molar-refractivity contribution in [2.24, 2.45) is 0 Å². The van der Waals surface area contributed by atoms with Gasteiger partial charge in [0.25, 0.3) is 0 Å². The fourth-order valence-electron chi connectivity index (χ4n) is 5.79. The van der Waals surface area contributed by atoms with Crippen molar-refractivity contribution in [3.8, 4) is 0 Å². The average molecular weight is 601 g/mol. The number of carbonyl (C=O) groups excluding carboxylic acids is 2. The molecule has 226 valence electrons. The lowest BCUT2D eigenvalue weighted by molar-refractivity contribution is -0.141. The molecule has 4 rings (SSSR count). The van der Waals surface area contributed by atoms with Crippen LogP contribution in [0.2, 0.25) is 0 Å². The van der Waals surface area contributed by atoms with Gasteiger partial charge in [0.15, 0.2) is 0 Å². The van der Waals surface area contributed by atoms with Crippen molar-refractivity contribution >= 4 is 30.0 Å². The number of rotatable bonds is 11. The highest BCUT2D eigenvalue weighted by Gasteiger charge is 2.44. The number of allylic oxidation sites excluding steroid dienone is 7. The molecule has 10 heteroatoms. The number of benzene rings is 1. The van der Waals surface area contributed by atoms with E-state index in [1.807, 2.05) is 61.6 Å². The van der Waals surface area contributed by atoms with Gasteiger partial charge in [0.1, 0.15) is 11.9 Å². The Balaban J connectivity index is 1.36. The Labute approximate surface area is 251 Å². The maximum atomic E-state index is 13.5. The molecule has 2 aliphatic heterocycles. The summed E-state index contributed by atoms with van der Waals surface area (Å²) in [4.78, 5) is 28.4. The summed E-state index contributed by atoms with van der Waals surface area (Å²) in [5.41, 5.74) is 1.86. The van der Waals surface area contributed by atoms with Gasteiger partial charge in [-0.1, -0.05) is 61.1 Å². The summed E-state index contributed by atoms with van der Waals surface area (Å²) < 4.78 is 39.1. The number of amides is 2. The minimum atomic E-state index is -4.49. The van der Waals surface area contributed by atoms with E-state index in [9.17, 15) is 22.8 Å². The molecule has 6 nitrogen and oxygen atoms in total. The molecule has 1 aromatic carbocycles. The summed E-state index contributed by atoms with van der Waals surface area (Å²) >= 11 is 4.41. The first-order chi connectivity index (χ1) is 20.1. The maximum Gasteiger partial charge on any atom is 0.405 e. The highest BCUT2D eigenvalue weighted by Crippen LogP contribution is 2.45. The number of nitrogens with one attached hydrogen (secondary N) is 3. The molecule has 2 amide bonds. The lowest BCUT2D eigenvalue weighted by Gasteiger charge is -2.33. The number of fused-ring (bicyclic) bond motifs is 1. The molecule has 0 radical (unpaired) electrons. The molecule has 0 saturated carbocycles. The number of piperidine rings is 1. The number of alkyl halides is 3. The molecule has 1 saturated heterocycles. The van der Waals surface area contributed by atoms with Crippen LogP contribution in [0.4, 0.5) is 13.2 Å². The average Bonchev–Trinajstić information content (AvgIpc) is 3.29. The number of halogens is 3. The van der Waals surface area contributed by atoms with E-state index < -0.39 is 24.0 Å². The molecule has 1 fully saturated rings. The van der Waals surface area contributed by atoms with Crippen molar-refractivity contribution in [1.82, 2.24) is 20.9 Å². The first-order valence-electron chi connectivity index (χ1n) is 14.4. The van der Waals surface area contributed by atoms with Gasteiger partial charge in [-0.3, -0.25) is 9.59 Å². The summed E-state index contributed by atoms with van der Waals surface area (Å²) in [5.74, 6) is -0.732. The van der Waals surface area contributed by atoms with E-state index in [0.717, 1.165) is 55.6 Å². The van der Waals surface area contributed by atoms with Crippen LogP contribution in [0.25, 0.3) is 5.57 Å². The quantitative estimate of drug-likeness (QED) is 0.161. The van der Waals surface area contributed by atoms with Gasteiger partial charge in [-0.05, 0) is 74.2 Å². The number of dihydropyridines is 1. The summed E-state index contributed by atoms with van der Waals surface area (Å²) in [6.45, 7) is 3.03. The molecule has 0 bridgehead atoms. The Morgan fingerprint density at radius 1 is 1.17 bits per heavy atom. The van der Waals surface area contributed by atoms with E-state index >= 15 is 0 Å². The third kappa shape index (κ3) is 7.98. The Morgan fingerprint density at radius 3 is 2.64 bits per heavy atom. The highest BCUT2D eigenvalue weighted by atomic mass is 32.1. The number of hydrogen-bond donors (Lipinski definition) is 4. The third-order valence-electron chi connectivity index (χ3n) is 7.96. The summed E-state index contributed by atoms with van der Waals surface area (Å²) in [7, 11) is 0. The summed E-state index contributed by atoms with van der Waals surface area (Å²) in [6, 6.07) is 7.56. The van der Waals surface area contributed by atoms with Gasteiger partial charge in [-0.25, -0.2) is 0 Å². The molecule has 0 spiro atoms. The number of nitrogens with zero attached hydrogens (tertiary/aromatic N) is 1. The molecule has 2 heterocycles. The van der Waals surface area contributed by atoms with Gasteiger partial charge < -0.3 is 20.9 Å². The predicted octanol–water partition coefficient (Wildman–Crippen LogP) is 5.18. The van der Waals surface area contributed by atoms with Crippen molar-refractivity contribution in [1.29, 1.82) is 0 Å². The number of hydrogen-bond acceptors (Lipinski definition) is 5. The number of unbranched alkanes of at least 4 members (excludes halogenated alkanes) is 1. The smallest absolute Gasteiger partial charge is 0.376 e.